The molecule has 1 aromatic heterocycles. The van der Waals surface area contributed by atoms with Crippen LogP contribution in [0.25, 0.3) is 0 Å². The maximum atomic E-state index is 13.4. The third kappa shape index (κ3) is 2.22. The summed E-state index contributed by atoms with van der Waals surface area (Å²) in [6.45, 7) is 0.641. The van der Waals surface area contributed by atoms with Crippen LogP contribution in [0, 0.1) is 5.82 Å². The molecule has 3 rings (SSSR count). The van der Waals surface area contributed by atoms with Gasteiger partial charge in [0.05, 0.1) is 21.0 Å². The standard InChI is InChI=1S/C12H8BrClFNOS/c13-12-2-1-11(18-12)10-5-16-8-3-6(14)7(15)4-9(8)17-10/h1-4,10,16H,5H2. The lowest BCUT2D eigenvalue weighted by molar-refractivity contribution is 0.213. The van der Waals surface area contributed by atoms with Crippen LogP contribution in [-0.4, -0.2) is 6.54 Å². The molecule has 1 aliphatic rings. The molecule has 1 aliphatic heterocycles. The second-order valence-corrected chi connectivity index (χ2v) is 6.79. The van der Waals surface area contributed by atoms with Gasteiger partial charge in [0.25, 0.3) is 0 Å². The lowest BCUT2D eigenvalue weighted by Crippen LogP contribution is -2.22. The predicted octanol–water partition coefficient (Wildman–Crippen LogP) is 4.85. The van der Waals surface area contributed by atoms with Crippen molar-refractivity contribution in [1.82, 2.24) is 0 Å². The van der Waals surface area contributed by atoms with Gasteiger partial charge in [-0.1, -0.05) is 11.6 Å². The van der Waals surface area contributed by atoms with E-state index < -0.39 is 5.82 Å². The number of rotatable bonds is 1. The molecular formula is C12H8BrClFNOS. The van der Waals surface area contributed by atoms with Crippen molar-refractivity contribution < 1.29 is 9.13 Å². The number of anilines is 1. The van der Waals surface area contributed by atoms with Crippen LogP contribution < -0.4 is 10.1 Å². The van der Waals surface area contributed by atoms with E-state index in [1.54, 1.807) is 17.4 Å². The number of halogens is 3. The third-order valence-electron chi connectivity index (χ3n) is 2.68. The van der Waals surface area contributed by atoms with Gasteiger partial charge in [-0.3, -0.25) is 0 Å². The van der Waals surface area contributed by atoms with Crippen LogP contribution in [0.1, 0.15) is 11.0 Å². The second kappa shape index (κ2) is 4.72. The Morgan fingerprint density at radius 2 is 2.28 bits per heavy atom. The molecule has 0 bridgehead atoms. The molecule has 0 aliphatic carbocycles. The van der Waals surface area contributed by atoms with Crippen LogP contribution in [-0.2, 0) is 0 Å². The van der Waals surface area contributed by atoms with Crippen molar-refractivity contribution >= 4 is 44.6 Å². The molecule has 0 amide bonds. The molecule has 2 heterocycles. The van der Waals surface area contributed by atoms with Crippen LogP contribution in [0.15, 0.2) is 28.1 Å². The third-order valence-corrected chi connectivity index (χ3v) is 4.69. The van der Waals surface area contributed by atoms with Crippen LogP contribution in [0.5, 0.6) is 5.75 Å². The molecule has 1 aromatic carbocycles. The monoisotopic (exact) mass is 347 g/mol. The average Bonchev–Trinajstić information content (AvgIpc) is 2.77. The normalized spacial score (nSPS) is 17.8. The minimum Gasteiger partial charge on any atom is -0.481 e. The molecule has 18 heavy (non-hydrogen) atoms. The zero-order valence-corrected chi connectivity index (χ0v) is 12.2. The van der Waals surface area contributed by atoms with Crippen LogP contribution in [0.4, 0.5) is 10.1 Å². The lowest BCUT2D eigenvalue weighted by Gasteiger charge is -2.26. The fourth-order valence-electron chi connectivity index (χ4n) is 1.82. The summed E-state index contributed by atoms with van der Waals surface area (Å²) in [5, 5.41) is 3.30. The molecule has 1 atom stereocenters. The average molecular weight is 349 g/mol. The van der Waals surface area contributed by atoms with E-state index in [0.717, 1.165) is 14.4 Å². The van der Waals surface area contributed by atoms with Gasteiger partial charge in [0, 0.05) is 10.9 Å². The number of benzene rings is 1. The first-order valence-electron chi connectivity index (χ1n) is 5.28. The van der Waals surface area contributed by atoms with E-state index in [0.29, 0.717) is 12.3 Å². The fraction of sp³-hybridized carbons (Fsp3) is 0.167. The summed E-state index contributed by atoms with van der Waals surface area (Å²) in [4.78, 5) is 1.09. The van der Waals surface area contributed by atoms with E-state index in [1.165, 1.54) is 6.07 Å². The summed E-state index contributed by atoms with van der Waals surface area (Å²) in [5.41, 5.74) is 0.730. The Kier molecular flexibility index (Phi) is 3.21. The van der Waals surface area contributed by atoms with Crippen molar-refractivity contribution in [3.05, 3.63) is 43.8 Å². The van der Waals surface area contributed by atoms with E-state index >= 15 is 0 Å². The SMILES string of the molecule is Fc1cc2c(cc1Cl)NCC(c1ccc(Br)s1)O2. The Morgan fingerprint density at radius 3 is 3.00 bits per heavy atom. The van der Waals surface area contributed by atoms with Gasteiger partial charge in [-0.25, -0.2) is 4.39 Å². The van der Waals surface area contributed by atoms with E-state index in [2.05, 4.69) is 21.2 Å². The first kappa shape index (κ1) is 12.3. The van der Waals surface area contributed by atoms with Gasteiger partial charge in [0.15, 0.2) is 6.10 Å². The summed E-state index contributed by atoms with van der Waals surface area (Å²) in [7, 11) is 0. The van der Waals surface area contributed by atoms with Gasteiger partial charge >= 0.3 is 0 Å². The summed E-state index contributed by atoms with van der Waals surface area (Å²) < 4.78 is 20.2. The fourth-order valence-corrected chi connectivity index (χ4v) is 3.44. The predicted molar refractivity (Wildman–Crippen MR) is 75.3 cm³/mol. The van der Waals surface area contributed by atoms with E-state index in [9.17, 15) is 4.39 Å². The summed E-state index contributed by atoms with van der Waals surface area (Å²) in [6.07, 6.45) is -0.102. The molecule has 2 nitrogen and oxygen atoms in total. The first-order chi connectivity index (χ1) is 8.63. The molecule has 0 saturated carbocycles. The molecule has 0 saturated heterocycles. The zero-order valence-electron chi connectivity index (χ0n) is 9.04. The van der Waals surface area contributed by atoms with Crippen molar-refractivity contribution in [2.24, 2.45) is 0 Å². The number of ether oxygens (including phenoxy) is 1. The number of fused-ring (bicyclic) bond motifs is 1. The van der Waals surface area contributed by atoms with Gasteiger partial charge in [0.1, 0.15) is 11.6 Å². The van der Waals surface area contributed by atoms with E-state index in [4.69, 9.17) is 16.3 Å². The lowest BCUT2D eigenvalue weighted by atomic mass is 10.2. The number of nitrogens with one attached hydrogen (secondary N) is 1. The number of hydrogen-bond acceptors (Lipinski definition) is 3. The maximum absolute atomic E-state index is 13.4. The first-order valence-corrected chi connectivity index (χ1v) is 7.27. The molecule has 0 fully saturated rings. The molecule has 1 unspecified atom stereocenters. The summed E-state index contributed by atoms with van der Waals surface area (Å²) in [5.74, 6) is 0.0305. The van der Waals surface area contributed by atoms with Crippen LogP contribution >= 0.6 is 38.9 Å². The minimum absolute atomic E-state index is 0.0992. The Morgan fingerprint density at radius 1 is 1.44 bits per heavy atom. The summed E-state index contributed by atoms with van der Waals surface area (Å²) in [6, 6.07) is 6.84. The second-order valence-electron chi connectivity index (χ2n) is 3.89. The molecule has 0 radical (unpaired) electrons. The minimum atomic E-state index is -0.467. The Hall–Kier alpha value is -0.780. The van der Waals surface area contributed by atoms with Crippen molar-refractivity contribution in [2.75, 3.05) is 11.9 Å². The quantitative estimate of drug-likeness (QED) is 0.795. The molecule has 2 aromatic rings. The molecule has 6 heteroatoms. The summed E-state index contributed by atoms with van der Waals surface area (Å²) >= 11 is 10.8. The Labute approximate surface area is 121 Å². The van der Waals surface area contributed by atoms with E-state index in [1.807, 2.05) is 12.1 Å². The Bertz CT molecular complexity index is 604. The molecule has 0 spiro atoms. The number of thiophene rings is 1. The highest BCUT2D eigenvalue weighted by atomic mass is 79.9. The van der Waals surface area contributed by atoms with Crippen LogP contribution in [0.3, 0.4) is 0 Å². The number of hydrogen-bond donors (Lipinski definition) is 1. The highest BCUT2D eigenvalue weighted by molar-refractivity contribution is 9.11. The Balaban J connectivity index is 1.91. The largest absolute Gasteiger partial charge is 0.481 e. The van der Waals surface area contributed by atoms with Crippen molar-refractivity contribution in [3.8, 4) is 5.75 Å². The van der Waals surface area contributed by atoms with Gasteiger partial charge in [-0.05, 0) is 34.1 Å². The topological polar surface area (TPSA) is 21.3 Å². The molecular weight excluding hydrogens is 341 g/mol. The molecule has 1 N–H and O–H groups in total. The zero-order chi connectivity index (χ0) is 12.7. The van der Waals surface area contributed by atoms with E-state index in [-0.39, 0.29) is 11.1 Å². The van der Waals surface area contributed by atoms with Gasteiger partial charge in [-0.15, -0.1) is 11.3 Å². The highest BCUT2D eigenvalue weighted by Crippen LogP contribution is 2.39. The highest BCUT2D eigenvalue weighted by Gasteiger charge is 2.23. The van der Waals surface area contributed by atoms with Crippen LogP contribution in [0.2, 0.25) is 5.02 Å². The van der Waals surface area contributed by atoms with Crippen molar-refractivity contribution in [1.29, 1.82) is 0 Å². The van der Waals surface area contributed by atoms with Gasteiger partial charge in [0.2, 0.25) is 0 Å². The van der Waals surface area contributed by atoms with Gasteiger partial charge < -0.3 is 10.1 Å². The molecule has 94 valence electrons. The van der Waals surface area contributed by atoms with Gasteiger partial charge in [-0.2, -0.15) is 0 Å². The van der Waals surface area contributed by atoms with Crippen molar-refractivity contribution in [2.45, 2.75) is 6.10 Å². The van der Waals surface area contributed by atoms with Crippen molar-refractivity contribution in [3.63, 3.8) is 0 Å². The maximum Gasteiger partial charge on any atom is 0.150 e. The smallest absolute Gasteiger partial charge is 0.150 e.